The van der Waals surface area contributed by atoms with Crippen LogP contribution in [0.5, 0.6) is 0 Å². The van der Waals surface area contributed by atoms with Crippen molar-refractivity contribution in [1.82, 2.24) is 10.6 Å². The highest BCUT2D eigenvalue weighted by molar-refractivity contribution is 9.10. The number of carbonyl (C=O) groups excluding carboxylic acids is 2. The lowest BCUT2D eigenvalue weighted by Crippen LogP contribution is -2.39. The Morgan fingerprint density at radius 3 is 2.57 bits per heavy atom. The van der Waals surface area contributed by atoms with E-state index in [4.69, 9.17) is 4.42 Å². The van der Waals surface area contributed by atoms with Gasteiger partial charge in [0.25, 0.3) is 5.91 Å². The summed E-state index contributed by atoms with van der Waals surface area (Å²) in [5, 5.41) is 14.7. The molecule has 1 aromatic rings. The molecule has 3 N–H and O–H groups in total. The molecule has 0 radical (unpaired) electrons. The van der Waals surface area contributed by atoms with Crippen molar-refractivity contribution in [2.45, 2.75) is 31.8 Å². The van der Waals surface area contributed by atoms with Gasteiger partial charge >= 0.3 is 0 Å². The van der Waals surface area contributed by atoms with E-state index in [1.807, 2.05) is 0 Å². The van der Waals surface area contributed by atoms with Crippen molar-refractivity contribution in [3.05, 3.63) is 22.6 Å². The lowest BCUT2D eigenvalue weighted by molar-refractivity contribution is -0.120. The quantitative estimate of drug-likeness (QED) is 0.742. The molecule has 1 aliphatic carbocycles. The Hall–Kier alpha value is -1.34. The van der Waals surface area contributed by atoms with Crippen LogP contribution in [-0.4, -0.2) is 36.1 Å². The molecule has 7 heteroatoms. The van der Waals surface area contributed by atoms with Crippen LogP contribution in [0.15, 0.2) is 21.2 Å². The predicted octanol–water partition coefficient (Wildman–Crippen LogP) is 1.44. The summed E-state index contributed by atoms with van der Waals surface area (Å²) < 4.78 is 5.56. The monoisotopic (exact) mass is 358 g/mol. The molecule has 0 saturated heterocycles. The van der Waals surface area contributed by atoms with Crippen molar-refractivity contribution in [1.29, 1.82) is 0 Å². The van der Waals surface area contributed by atoms with Gasteiger partial charge in [0.2, 0.25) is 5.91 Å². The molecule has 1 aliphatic rings. The molecular formula is C14H19BrN2O4. The van der Waals surface area contributed by atoms with Crippen LogP contribution in [0.2, 0.25) is 0 Å². The summed E-state index contributed by atoms with van der Waals surface area (Å²) in [7, 11) is 0. The lowest BCUT2D eigenvalue weighted by atomic mass is 9.87. The Labute approximate surface area is 131 Å². The number of hydrogen-bond acceptors (Lipinski definition) is 4. The molecule has 0 aromatic carbocycles. The summed E-state index contributed by atoms with van der Waals surface area (Å²) in [6.07, 6.45) is 3.25. The molecule has 0 bridgehead atoms. The zero-order valence-electron chi connectivity index (χ0n) is 11.6. The van der Waals surface area contributed by atoms with Gasteiger partial charge in [0, 0.05) is 6.54 Å². The fraction of sp³-hybridized carbons (Fsp3) is 0.571. The summed E-state index contributed by atoms with van der Waals surface area (Å²) >= 11 is 3.11. The molecule has 0 aliphatic heterocycles. The van der Waals surface area contributed by atoms with Crippen LogP contribution >= 0.6 is 15.9 Å². The molecule has 0 unspecified atom stereocenters. The summed E-state index contributed by atoms with van der Waals surface area (Å²) in [5.41, 5.74) is 0. The maximum atomic E-state index is 11.7. The van der Waals surface area contributed by atoms with Crippen LogP contribution < -0.4 is 10.6 Å². The van der Waals surface area contributed by atoms with Crippen molar-refractivity contribution < 1.29 is 19.1 Å². The smallest absolute Gasteiger partial charge is 0.287 e. The molecule has 6 nitrogen and oxygen atoms in total. The van der Waals surface area contributed by atoms with Crippen molar-refractivity contribution in [2.75, 3.05) is 13.1 Å². The SMILES string of the molecule is O=C(CNC(=O)c1ccc(Br)o1)NCC1CCC(O)CC1. The molecule has 0 atom stereocenters. The van der Waals surface area contributed by atoms with Crippen LogP contribution in [0.4, 0.5) is 0 Å². The third-order valence-corrected chi connectivity index (χ3v) is 4.04. The maximum Gasteiger partial charge on any atom is 0.287 e. The van der Waals surface area contributed by atoms with Gasteiger partial charge in [-0.05, 0) is 59.7 Å². The fourth-order valence-electron chi connectivity index (χ4n) is 2.35. The number of rotatable bonds is 5. The Bertz CT molecular complexity index is 495. The average molecular weight is 359 g/mol. The molecule has 2 amide bonds. The minimum atomic E-state index is -0.420. The van der Waals surface area contributed by atoms with Crippen LogP contribution in [0, 0.1) is 5.92 Å². The Kier molecular flexibility index (Phi) is 5.81. The summed E-state index contributed by atoms with van der Waals surface area (Å²) in [6, 6.07) is 3.15. The lowest BCUT2D eigenvalue weighted by Gasteiger charge is -2.25. The van der Waals surface area contributed by atoms with E-state index in [0.29, 0.717) is 17.1 Å². The van der Waals surface area contributed by atoms with Gasteiger partial charge in [0.05, 0.1) is 12.6 Å². The first-order chi connectivity index (χ1) is 10.0. The molecule has 21 heavy (non-hydrogen) atoms. The second-order valence-electron chi connectivity index (χ2n) is 5.27. The second kappa shape index (κ2) is 7.61. The van der Waals surface area contributed by atoms with E-state index in [9.17, 15) is 14.7 Å². The van der Waals surface area contributed by atoms with Crippen molar-refractivity contribution in [3.63, 3.8) is 0 Å². The van der Waals surface area contributed by atoms with Crippen molar-refractivity contribution >= 4 is 27.7 Å². The highest BCUT2D eigenvalue weighted by Crippen LogP contribution is 2.23. The molecule has 1 aromatic heterocycles. The van der Waals surface area contributed by atoms with Gasteiger partial charge in [-0.3, -0.25) is 9.59 Å². The number of aliphatic hydroxyl groups is 1. The summed E-state index contributed by atoms with van der Waals surface area (Å²) in [4.78, 5) is 23.3. The molecule has 1 saturated carbocycles. The first-order valence-electron chi connectivity index (χ1n) is 7.03. The number of aliphatic hydroxyl groups excluding tert-OH is 1. The van der Waals surface area contributed by atoms with E-state index >= 15 is 0 Å². The maximum absolute atomic E-state index is 11.7. The van der Waals surface area contributed by atoms with Gasteiger partial charge in [-0.25, -0.2) is 0 Å². The molecule has 1 heterocycles. The van der Waals surface area contributed by atoms with Gasteiger partial charge in [0.15, 0.2) is 10.4 Å². The molecule has 116 valence electrons. The van der Waals surface area contributed by atoms with E-state index in [1.165, 1.54) is 6.07 Å². The number of hydrogen-bond donors (Lipinski definition) is 3. The Balaban J connectivity index is 1.64. The minimum Gasteiger partial charge on any atom is -0.444 e. The Morgan fingerprint density at radius 1 is 1.24 bits per heavy atom. The number of halogens is 1. The number of nitrogens with one attached hydrogen (secondary N) is 2. The van der Waals surface area contributed by atoms with Gasteiger partial charge in [-0.15, -0.1) is 0 Å². The zero-order chi connectivity index (χ0) is 15.2. The highest BCUT2D eigenvalue weighted by atomic mass is 79.9. The van der Waals surface area contributed by atoms with Crippen molar-refractivity contribution in [3.8, 4) is 0 Å². The van der Waals surface area contributed by atoms with E-state index < -0.39 is 5.91 Å². The minimum absolute atomic E-state index is 0.0769. The topological polar surface area (TPSA) is 91.6 Å². The van der Waals surface area contributed by atoms with Crippen LogP contribution in [-0.2, 0) is 4.79 Å². The van der Waals surface area contributed by atoms with E-state index in [2.05, 4.69) is 26.6 Å². The van der Waals surface area contributed by atoms with E-state index in [0.717, 1.165) is 25.7 Å². The number of amides is 2. The van der Waals surface area contributed by atoms with Crippen LogP contribution in [0.1, 0.15) is 36.2 Å². The van der Waals surface area contributed by atoms with Gasteiger partial charge in [-0.2, -0.15) is 0 Å². The van der Waals surface area contributed by atoms with E-state index in [1.54, 1.807) is 6.07 Å². The molecule has 0 spiro atoms. The van der Waals surface area contributed by atoms with Gasteiger partial charge in [-0.1, -0.05) is 0 Å². The van der Waals surface area contributed by atoms with E-state index in [-0.39, 0.29) is 24.3 Å². The van der Waals surface area contributed by atoms with Crippen LogP contribution in [0.25, 0.3) is 0 Å². The predicted molar refractivity (Wildman–Crippen MR) is 79.7 cm³/mol. The van der Waals surface area contributed by atoms with Crippen LogP contribution in [0.3, 0.4) is 0 Å². The zero-order valence-corrected chi connectivity index (χ0v) is 13.2. The molecular weight excluding hydrogens is 340 g/mol. The first kappa shape index (κ1) is 16.0. The summed E-state index contributed by atoms with van der Waals surface area (Å²) in [6.45, 7) is 0.514. The third-order valence-electron chi connectivity index (χ3n) is 3.61. The Morgan fingerprint density at radius 2 is 1.95 bits per heavy atom. The number of furan rings is 1. The standard InChI is InChI=1S/C14H19BrN2O4/c15-12-6-5-11(21-12)14(20)17-8-13(19)16-7-9-1-3-10(18)4-2-9/h5-6,9-10,18H,1-4,7-8H2,(H,16,19)(H,17,20). The molecule has 1 fully saturated rings. The largest absolute Gasteiger partial charge is 0.444 e. The first-order valence-corrected chi connectivity index (χ1v) is 7.82. The average Bonchev–Trinajstić information content (AvgIpc) is 2.91. The normalized spacial score (nSPS) is 21.8. The van der Waals surface area contributed by atoms with Gasteiger partial charge in [0.1, 0.15) is 0 Å². The number of carbonyl (C=O) groups is 2. The molecule has 2 rings (SSSR count). The highest BCUT2D eigenvalue weighted by Gasteiger charge is 2.20. The fourth-order valence-corrected chi connectivity index (χ4v) is 2.66. The third kappa shape index (κ3) is 5.17. The van der Waals surface area contributed by atoms with Crippen molar-refractivity contribution in [2.24, 2.45) is 5.92 Å². The summed E-state index contributed by atoms with van der Waals surface area (Å²) in [5.74, 6) is -0.0678. The van der Waals surface area contributed by atoms with Gasteiger partial charge < -0.3 is 20.2 Å². The second-order valence-corrected chi connectivity index (χ2v) is 6.05.